The van der Waals surface area contributed by atoms with Gasteiger partial charge in [-0.05, 0) is 25.5 Å². The summed E-state index contributed by atoms with van der Waals surface area (Å²) in [6.45, 7) is 5.17. The fraction of sp³-hybridized carbons (Fsp3) is 0.533. The Hall–Kier alpha value is -1.04. The molecule has 1 atom stereocenters. The number of nitrogens with zero attached hydrogens (tertiary/aromatic N) is 1. The first-order chi connectivity index (χ1) is 9.61. The van der Waals surface area contributed by atoms with E-state index in [2.05, 4.69) is 11.8 Å². The topological polar surface area (TPSA) is 38.5 Å². The summed E-state index contributed by atoms with van der Waals surface area (Å²) in [5, 5.41) is 0. The zero-order chi connectivity index (χ0) is 14.5. The van der Waals surface area contributed by atoms with Crippen molar-refractivity contribution >= 4 is 17.2 Å². The molecule has 0 aliphatic carbocycles. The minimum Gasteiger partial charge on any atom is -0.389 e. The molecule has 1 saturated heterocycles. The van der Waals surface area contributed by atoms with Crippen LogP contribution in [-0.4, -0.2) is 35.7 Å². The summed E-state index contributed by atoms with van der Waals surface area (Å²) in [6.07, 6.45) is 2.48. The first-order valence-electron chi connectivity index (χ1n) is 7.03. The van der Waals surface area contributed by atoms with Gasteiger partial charge in [0.1, 0.15) is 10.8 Å². The molecule has 1 fully saturated rings. The summed E-state index contributed by atoms with van der Waals surface area (Å²) >= 11 is 4.87. The quantitative estimate of drug-likeness (QED) is 0.819. The molecule has 1 aliphatic rings. The lowest BCUT2D eigenvalue weighted by atomic mass is 10.1. The van der Waals surface area contributed by atoms with E-state index in [4.69, 9.17) is 22.7 Å². The molecule has 1 aromatic rings. The molecule has 1 unspecified atom stereocenters. The maximum Gasteiger partial charge on any atom is 0.137 e. The van der Waals surface area contributed by atoms with Crippen LogP contribution in [0.5, 0.6) is 0 Å². The molecule has 0 aromatic heterocycles. The summed E-state index contributed by atoms with van der Waals surface area (Å²) < 4.78 is 19.9. The van der Waals surface area contributed by atoms with Crippen molar-refractivity contribution in [1.82, 2.24) is 4.90 Å². The summed E-state index contributed by atoms with van der Waals surface area (Å²) in [7, 11) is 0. The second kappa shape index (κ2) is 7.11. The van der Waals surface area contributed by atoms with E-state index in [0.717, 1.165) is 32.5 Å². The lowest BCUT2D eigenvalue weighted by Gasteiger charge is -2.24. The van der Waals surface area contributed by atoms with Crippen molar-refractivity contribution in [3.05, 3.63) is 35.1 Å². The largest absolute Gasteiger partial charge is 0.389 e. The van der Waals surface area contributed by atoms with Crippen LogP contribution in [0.25, 0.3) is 0 Å². The first-order valence-corrected chi connectivity index (χ1v) is 7.43. The van der Waals surface area contributed by atoms with E-state index in [1.54, 1.807) is 18.2 Å². The number of ether oxygens (including phenoxy) is 1. The second-order valence-electron chi connectivity index (χ2n) is 5.11. The molecule has 0 spiro atoms. The zero-order valence-corrected chi connectivity index (χ0v) is 12.6. The third-order valence-electron chi connectivity index (χ3n) is 3.67. The highest BCUT2D eigenvalue weighted by Crippen LogP contribution is 2.18. The zero-order valence-electron chi connectivity index (χ0n) is 11.8. The second-order valence-corrected chi connectivity index (χ2v) is 5.55. The third-order valence-corrected chi connectivity index (χ3v) is 3.89. The monoisotopic (exact) mass is 296 g/mol. The average Bonchev–Trinajstić information content (AvgIpc) is 2.92. The van der Waals surface area contributed by atoms with Crippen LogP contribution < -0.4 is 5.73 Å². The summed E-state index contributed by atoms with van der Waals surface area (Å²) in [5.74, 6) is -0.300. The van der Waals surface area contributed by atoms with E-state index in [-0.39, 0.29) is 16.9 Å². The molecule has 0 saturated carbocycles. The summed E-state index contributed by atoms with van der Waals surface area (Å²) in [5.41, 5.74) is 6.50. The minimum atomic E-state index is -0.300. The van der Waals surface area contributed by atoms with Crippen LogP contribution in [0, 0.1) is 5.82 Å². The van der Waals surface area contributed by atoms with Gasteiger partial charge in [0.05, 0.1) is 6.10 Å². The fourth-order valence-corrected chi connectivity index (χ4v) is 2.67. The van der Waals surface area contributed by atoms with E-state index >= 15 is 0 Å². The van der Waals surface area contributed by atoms with Gasteiger partial charge in [-0.15, -0.1) is 0 Å². The molecule has 0 amide bonds. The highest BCUT2D eigenvalue weighted by molar-refractivity contribution is 7.80. The maximum atomic E-state index is 14.3. The molecule has 2 N–H and O–H groups in total. The Morgan fingerprint density at radius 3 is 2.95 bits per heavy atom. The van der Waals surface area contributed by atoms with Gasteiger partial charge in [-0.3, -0.25) is 4.90 Å². The molecular formula is C15H21FN2OS. The Morgan fingerprint density at radius 1 is 1.55 bits per heavy atom. The predicted octanol–water partition coefficient (Wildman–Crippen LogP) is 2.46. The first kappa shape index (κ1) is 15.4. The molecule has 1 heterocycles. The fourth-order valence-electron chi connectivity index (χ4n) is 2.51. The molecule has 3 nitrogen and oxygen atoms in total. The number of benzene rings is 1. The molecule has 5 heteroatoms. The standard InChI is InChI=1S/C15H21FN2OS/c1-2-18(10-12-6-4-8-19-12)9-11-5-3-7-13(14(11)16)15(17)20/h3,5,7,12H,2,4,6,8-10H2,1H3,(H2,17,20). The van der Waals surface area contributed by atoms with E-state index in [1.807, 2.05) is 0 Å². The van der Waals surface area contributed by atoms with Crippen LogP contribution in [0.2, 0.25) is 0 Å². The molecule has 110 valence electrons. The van der Waals surface area contributed by atoms with Crippen molar-refractivity contribution in [3.8, 4) is 0 Å². The Morgan fingerprint density at radius 2 is 2.35 bits per heavy atom. The van der Waals surface area contributed by atoms with Crippen LogP contribution in [0.3, 0.4) is 0 Å². The highest BCUT2D eigenvalue weighted by Gasteiger charge is 2.20. The number of nitrogens with two attached hydrogens (primary N) is 1. The van der Waals surface area contributed by atoms with E-state index < -0.39 is 0 Å². The molecule has 0 bridgehead atoms. The van der Waals surface area contributed by atoms with E-state index in [9.17, 15) is 4.39 Å². The SMILES string of the molecule is CCN(Cc1cccc(C(N)=S)c1F)CC1CCCO1. The van der Waals surface area contributed by atoms with Crippen LogP contribution in [0.1, 0.15) is 30.9 Å². The lowest BCUT2D eigenvalue weighted by Crippen LogP contribution is -2.32. The van der Waals surface area contributed by atoms with Gasteiger partial charge in [0, 0.05) is 30.8 Å². The molecule has 20 heavy (non-hydrogen) atoms. The van der Waals surface area contributed by atoms with Crippen molar-refractivity contribution in [3.63, 3.8) is 0 Å². The number of thiocarbonyl (C=S) groups is 1. The molecule has 0 radical (unpaired) electrons. The highest BCUT2D eigenvalue weighted by atomic mass is 32.1. The van der Waals surface area contributed by atoms with Crippen molar-refractivity contribution in [2.45, 2.75) is 32.4 Å². The van der Waals surface area contributed by atoms with Gasteiger partial charge in [-0.2, -0.15) is 0 Å². The van der Waals surface area contributed by atoms with Gasteiger partial charge in [0.2, 0.25) is 0 Å². The number of likely N-dealkylation sites (N-methyl/N-ethyl adjacent to an activating group) is 1. The van der Waals surface area contributed by atoms with Gasteiger partial charge >= 0.3 is 0 Å². The smallest absolute Gasteiger partial charge is 0.137 e. The minimum absolute atomic E-state index is 0.103. The Labute approximate surface area is 124 Å². The van der Waals surface area contributed by atoms with Gasteiger partial charge in [-0.25, -0.2) is 4.39 Å². The predicted molar refractivity (Wildman–Crippen MR) is 82.2 cm³/mol. The van der Waals surface area contributed by atoms with Gasteiger partial charge < -0.3 is 10.5 Å². The molecule has 2 rings (SSSR count). The van der Waals surface area contributed by atoms with Crippen molar-refractivity contribution in [2.75, 3.05) is 19.7 Å². The van der Waals surface area contributed by atoms with E-state index in [1.165, 1.54) is 0 Å². The van der Waals surface area contributed by atoms with Gasteiger partial charge in [0.25, 0.3) is 0 Å². The van der Waals surface area contributed by atoms with Crippen molar-refractivity contribution in [1.29, 1.82) is 0 Å². The van der Waals surface area contributed by atoms with Crippen molar-refractivity contribution < 1.29 is 9.13 Å². The third kappa shape index (κ3) is 3.75. The van der Waals surface area contributed by atoms with Gasteiger partial charge in [-0.1, -0.05) is 31.3 Å². The average molecular weight is 296 g/mol. The van der Waals surface area contributed by atoms with Crippen LogP contribution in [-0.2, 0) is 11.3 Å². The van der Waals surface area contributed by atoms with Crippen LogP contribution in [0.15, 0.2) is 18.2 Å². The summed E-state index contributed by atoms with van der Waals surface area (Å²) in [4.78, 5) is 2.30. The Bertz CT molecular complexity index is 475. The number of rotatable bonds is 6. The maximum absolute atomic E-state index is 14.3. The lowest BCUT2D eigenvalue weighted by molar-refractivity contribution is 0.0721. The molecule has 1 aromatic carbocycles. The van der Waals surface area contributed by atoms with Crippen LogP contribution in [0.4, 0.5) is 4.39 Å². The number of hydrogen-bond donors (Lipinski definition) is 1. The van der Waals surface area contributed by atoms with E-state index in [0.29, 0.717) is 17.7 Å². The molecule has 1 aliphatic heterocycles. The van der Waals surface area contributed by atoms with Crippen LogP contribution >= 0.6 is 12.2 Å². The Balaban J connectivity index is 2.06. The van der Waals surface area contributed by atoms with Gasteiger partial charge in [0.15, 0.2) is 0 Å². The molecular weight excluding hydrogens is 275 g/mol. The Kier molecular flexibility index (Phi) is 5.46. The normalized spacial score (nSPS) is 18.6. The number of hydrogen-bond acceptors (Lipinski definition) is 3. The number of halogens is 1. The summed E-state index contributed by atoms with van der Waals surface area (Å²) in [6, 6.07) is 5.21. The van der Waals surface area contributed by atoms with Crippen molar-refractivity contribution in [2.24, 2.45) is 5.73 Å².